The van der Waals surface area contributed by atoms with Crippen molar-refractivity contribution in [2.24, 2.45) is 0 Å². The number of carbonyl (C=O) groups excluding carboxylic acids is 1. The Balaban J connectivity index is 2.04. The van der Waals surface area contributed by atoms with E-state index in [2.05, 4.69) is 0 Å². The largest absolute Gasteiger partial charge is 0.548 e. The molecule has 19 heavy (non-hydrogen) atoms. The lowest BCUT2D eigenvalue weighted by atomic mass is 10.2. The first-order valence-corrected chi connectivity index (χ1v) is 5.72. The first-order chi connectivity index (χ1) is 9.15. The van der Waals surface area contributed by atoms with Gasteiger partial charge in [0.25, 0.3) is 5.56 Å². The number of pyridine rings is 1. The van der Waals surface area contributed by atoms with Crippen molar-refractivity contribution in [2.75, 3.05) is 0 Å². The molecule has 0 aliphatic carbocycles. The van der Waals surface area contributed by atoms with Crippen molar-refractivity contribution in [1.29, 1.82) is 0 Å². The summed E-state index contributed by atoms with van der Waals surface area (Å²) >= 11 is 0. The summed E-state index contributed by atoms with van der Waals surface area (Å²) < 4.78 is 6.50. The highest BCUT2D eigenvalue weighted by atomic mass is 16.5. The van der Waals surface area contributed by atoms with Crippen LogP contribution in [0.1, 0.15) is 5.56 Å². The van der Waals surface area contributed by atoms with Gasteiger partial charge in [0, 0.05) is 12.3 Å². The highest BCUT2D eigenvalue weighted by Crippen LogP contribution is 2.09. The fourth-order valence-electron chi connectivity index (χ4n) is 1.59. The van der Waals surface area contributed by atoms with Gasteiger partial charge in [-0.05, 0) is 11.6 Å². The molecule has 0 aliphatic heterocycles. The van der Waals surface area contributed by atoms with Crippen LogP contribution < -0.4 is 15.4 Å². The number of nitrogens with zero attached hydrogens (tertiary/aromatic N) is 1. The number of carboxylic acid groups (broad SMARTS) is 1. The lowest BCUT2D eigenvalue weighted by Crippen LogP contribution is -2.32. The molecule has 0 radical (unpaired) electrons. The van der Waals surface area contributed by atoms with Crippen LogP contribution >= 0.6 is 0 Å². The second kappa shape index (κ2) is 5.86. The van der Waals surface area contributed by atoms with E-state index < -0.39 is 18.1 Å². The molecule has 2 aromatic rings. The quantitative estimate of drug-likeness (QED) is 0.766. The van der Waals surface area contributed by atoms with Crippen molar-refractivity contribution >= 4 is 5.97 Å². The summed E-state index contributed by atoms with van der Waals surface area (Å²) in [6.07, 6.45) is 1.37. The van der Waals surface area contributed by atoms with E-state index in [0.29, 0.717) is 12.4 Å². The number of carbonyl (C=O) groups is 1. The van der Waals surface area contributed by atoms with Gasteiger partial charge in [-0.1, -0.05) is 30.3 Å². The maximum Gasteiger partial charge on any atom is 0.254 e. The van der Waals surface area contributed by atoms with Crippen LogP contribution in [-0.4, -0.2) is 10.5 Å². The zero-order valence-corrected chi connectivity index (χ0v) is 10.1. The van der Waals surface area contributed by atoms with Gasteiger partial charge < -0.3 is 19.2 Å². The molecule has 5 heteroatoms. The van der Waals surface area contributed by atoms with Gasteiger partial charge in [0.05, 0.1) is 12.5 Å². The Labute approximate surface area is 109 Å². The van der Waals surface area contributed by atoms with Gasteiger partial charge in [-0.25, -0.2) is 0 Å². The van der Waals surface area contributed by atoms with Gasteiger partial charge in [-0.2, -0.15) is 0 Å². The normalized spacial score (nSPS) is 10.1. The SMILES string of the molecule is O=C([O-])Cn1ccc(OCc2ccccc2)cc1=O. The van der Waals surface area contributed by atoms with Crippen LogP contribution in [0.5, 0.6) is 5.75 Å². The Morgan fingerprint density at radius 3 is 2.58 bits per heavy atom. The van der Waals surface area contributed by atoms with Crippen LogP contribution in [0, 0.1) is 0 Å². The monoisotopic (exact) mass is 258 g/mol. The van der Waals surface area contributed by atoms with E-state index in [0.717, 1.165) is 10.1 Å². The molecule has 1 aromatic carbocycles. The molecule has 0 unspecified atom stereocenters. The highest BCUT2D eigenvalue weighted by molar-refractivity contribution is 5.63. The molecule has 1 heterocycles. The zero-order valence-electron chi connectivity index (χ0n) is 10.1. The van der Waals surface area contributed by atoms with Crippen molar-refractivity contribution < 1.29 is 14.6 Å². The van der Waals surface area contributed by atoms with Gasteiger partial charge in [0.2, 0.25) is 0 Å². The van der Waals surface area contributed by atoms with Gasteiger partial charge in [-0.15, -0.1) is 0 Å². The maximum absolute atomic E-state index is 11.6. The molecule has 0 aliphatic rings. The number of aromatic nitrogens is 1. The molecule has 0 atom stereocenters. The molecule has 0 N–H and O–H groups in total. The predicted octanol–water partition coefficient (Wildman–Crippen LogP) is 0.177. The molecule has 2 rings (SSSR count). The lowest BCUT2D eigenvalue weighted by Gasteiger charge is -2.09. The number of hydrogen-bond donors (Lipinski definition) is 0. The fraction of sp³-hybridized carbons (Fsp3) is 0.143. The molecule has 0 amide bonds. The van der Waals surface area contributed by atoms with Gasteiger partial charge in [0.15, 0.2) is 0 Å². The highest BCUT2D eigenvalue weighted by Gasteiger charge is 2.00. The maximum atomic E-state index is 11.6. The average molecular weight is 258 g/mol. The molecule has 0 saturated carbocycles. The van der Waals surface area contributed by atoms with E-state index in [9.17, 15) is 14.7 Å². The van der Waals surface area contributed by atoms with Gasteiger partial charge >= 0.3 is 0 Å². The number of hydrogen-bond acceptors (Lipinski definition) is 4. The van der Waals surface area contributed by atoms with Crippen LogP contribution in [-0.2, 0) is 17.9 Å². The summed E-state index contributed by atoms with van der Waals surface area (Å²) in [5.74, 6) is -0.900. The van der Waals surface area contributed by atoms with E-state index in [-0.39, 0.29) is 0 Å². The number of carboxylic acids is 1. The van der Waals surface area contributed by atoms with E-state index in [4.69, 9.17) is 4.74 Å². The minimum Gasteiger partial charge on any atom is -0.548 e. The van der Waals surface area contributed by atoms with Crippen molar-refractivity contribution in [3.8, 4) is 5.75 Å². The summed E-state index contributed by atoms with van der Waals surface area (Å²) in [6.45, 7) is -0.109. The Hall–Kier alpha value is -2.56. The minimum absolute atomic E-state index is 0.352. The molecule has 0 saturated heterocycles. The molecular formula is C14H12NO4-. The Bertz CT molecular complexity index is 619. The second-order valence-corrected chi connectivity index (χ2v) is 3.97. The zero-order chi connectivity index (χ0) is 13.7. The summed E-state index contributed by atoms with van der Waals surface area (Å²) in [5, 5.41) is 10.4. The van der Waals surface area contributed by atoms with E-state index in [1.54, 1.807) is 6.07 Å². The molecular weight excluding hydrogens is 246 g/mol. The number of benzene rings is 1. The van der Waals surface area contributed by atoms with Crippen molar-refractivity contribution in [3.05, 3.63) is 64.6 Å². The molecule has 0 fully saturated rings. The minimum atomic E-state index is -1.31. The first kappa shape index (κ1) is 12.9. The topological polar surface area (TPSA) is 71.4 Å². The molecule has 5 nitrogen and oxygen atoms in total. The number of rotatable bonds is 5. The molecule has 98 valence electrons. The van der Waals surface area contributed by atoms with E-state index >= 15 is 0 Å². The van der Waals surface area contributed by atoms with Crippen LogP contribution in [0.4, 0.5) is 0 Å². The second-order valence-electron chi connectivity index (χ2n) is 3.97. The molecule has 1 aromatic heterocycles. The summed E-state index contributed by atoms with van der Waals surface area (Å²) in [6, 6.07) is 12.3. The summed E-state index contributed by atoms with van der Waals surface area (Å²) in [5.41, 5.74) is 0.552. The molecule has 0 bridgehead atoms. The smallest absolute Gasteiger partial charge is 0.254 e. The Kier molecular flexibility index (Phi) is 3.97. The van der Waals surface area contributed by atoms with Crippen LogP contribution in [0.3, 0.4) is 0 Å². The van der Waals surface area contributed by atoms with Crippen LogP contribution in [0.2, 0.25) is 0 Å². The standard InChI is InChI=1S/C14H13NO4/c16-13-8-12(6-7-15(13)9-14(17)18)19-10-11-4-2-1-3-5-11/h1-8H,9-10H2,(H,17,18)/p-1. The third kappa shape index (κ3) is 3.70. The van der Waals surface area contributed by atoms with Crippen molar-refractivity contribution in [1.82, 2.24) is 4.57 Å². The van der Waals surface area contributed by atoms with Crippen LogP contribution in [0.25, 0.3) is 0 Å². The van der Waals surface area contributed by atoms with E-state index in [1.807, 2.05) is 30.3 Å². The summed E-state index contributed by atoms with van der Waals surface area (Å²) in [4.78, 5) is 22.0. The van der Waals surface area contributed by atoms with Crippen molar-refractivity contribution in [2.45, 2.75) is 13.2 Å². The van der Waals surface area contributed by atoms with E-state index in [1.165, 1.54) is 12.3 Å². The summed E-state index contributed by atoms with van der Waals surface area (Å²) in [7, 11) is 0. The predicted molar refractivity (Wildman–Crippen MR) is 66.5 cm³/mol. The van der Waals surface area contributed by atoms with Gasteiger partial charge in [0.1, 0.15) is 12.4 Å². The molecule has 0 spiro atoms. The Morgan fingerprint density at radius 2 is 1.95 bits per heavy atom. The third-order valence-electron chi connectivity index (χ3n) is 2.52. The number of ether oxygens (including phenoxy) is 1. The first-order valence-electron chi connectivity index (χ1n) is 5.72. The third-order valence-corrected chi connectivity index (χ3v) is 2.52. The van der Waals surface area contributed by atoms with Crippen LogP contribution in [0.15, 0.2) is 53.5 Å². The number of aliphatic carboxylic acids is 1. The fourth-order valence-corrected chi connectivity index (χ4v) is 1.59. The van der Waals surface area contributed by atoms with Crippen molar-refractivity contribution in [3.63, 3.8) is 0 Å². The average Bonchev–Trinajstić information content (AvgIpc) is 2.40. The Morgan fingerprint density at radius 1 is 1.21 bits per heavy atom. The van der Waals surface area contributed by atoms with Gasteiger partial charge in [-0.3, -0.25) is 4.79 Å². The lowest BCUT2D eigenvalue weighted by molar-refractivity contribution is -0.306.